The van der Waals surface area contributed by atoms with Crippen LogP contribution in [-0.4, -0.2) is 28.7 Å². The van der Waals surface area contributed by atoms with Gasteiger partial charge >= 0.3 is 0 Å². The zero-order valence-corrected chi connectivity index (χ0v) is 16.0. The second-order valence-electron chi connectivity index (χ2n) is 6.23. The summed E-state index contributed by atoms with van der Waals surface area (Å²) >= 11 is 2.83. The van der Waals surface area contributed by atoms with Crippen LogP contribution in [0.3, 0.4) is 0 Å². The lowest BCUT2D eigenvalue weighted by Crippen LogP contribution is -2.15. The molecule has 0 saturated carbocycles. The van der Waals surface area contributed by atoms with E-state index in [0.717, 1.165) is 10.0 Å². The Morgan fingerprint density at radius 2 is 2.16 bits per heavy atom. The normalized spacial score (nSPS) is 11.2. The number of hydrogen-bond donors (Lipinski definition) is 1. The number of nitrogens with one attached hydrogen (secondary N) is 1. The van der Waals surface area contributed by atoms with E-state index in [1.54, 1.807) is 0 Å². The van der Waals surface area contributed by atoms with Crippen molar-refractivity contribution in [3.8, 4) is 5.75 Å². The number of nitrogens with zero attached hydrogens (tertiary/aromatic N) is 2. The molecule has 7 nitrogen and oxygen atoms in total. The summed E-state index contributed by atoms with van der Waals surface area (Å²) in [6, 6.07) is 4.06. The molecular weight excluding hydrogens is 362 g/mol. The molecule has 1 aromatic heterocycles. The third-order valence-electron chi connectivity index (χ3n) is 3.25. The first kappa shape index (κ1) is 19.2. The van der Waals surface area contributed by atoms with E-state index in [4.69, 9.17) is 4.74 Å². The highest BCUT2D eigenvalue weighted by Crippen LogP contribution is 2.31. The number of nitro groups is 1. The molecule has 0 bridgehead atoms. The number of rotatable bonds is 6. The number of benzene rings is 1. The van der Waals surface area contributed by atoms with Crippen molar-refractivity contribution in [1.82, 2.24) is 4.98 Å². The summed E-state index contributed by atoms with van der Waals surface area (Å²) < 4.78 is 5.94. The van der Waals surface area contributed by atoms with E-state index in [1.807, 2.05) is 5.38 Å². The van der Waals surface area contributed by atoms with Crippen LogP contribution in [0.25, 0.3) is 0 Å². The first-order valence-corrected chi connectivity index (χ1v) is 9.28. The summed E-state index contributed by atoms with van der Waals surface area (Å²) in [6.07, 6.45) is 0. The van der Waals surface area contributed by atoms with Gasteiger partial charge in [-0.15, -0.1) is 11.3 Å². The highest BCUT2D eigenvalue weighted by molar-refractivity contribution is 8.01. The molecule has 0 aliphatic rings. The summed E-state index contributed by atoms with van der Waals surface area (Å²) in [6.45, 7) is 6.24. The molecule has 1 heterocycles. The second-order valence-corrected chi connectivity index (χ2v) is 8.31. The predicted molar refractivity (Wildman–Crippen MR) is 99.8 cm³/mol. The number of thiazole rings is 1. The third-order valence-corrected chi connectivity index (χ3v) is 5.27. The molecule has 0 aliphatic carbocycles. The zero-order chi connectivity index (χ0) is 18.6. The molecule has 134 valence electrons. The Hall–Kier alpha value is -2.13. The maximum atomic E-state index is 12.2. The van der Waals surface area contributed by atoms with E-state index in [0.29, 0.717) is 5.75 Å². The number of aromatic nitrogens is 1. The van der Waals surface area contributed by atoms with Crippen LogP contribution in [0.15, 0.2) is 27.9 Å². The van der Waals surface area contributed by atoms with Gasteiger partial charge in [-0.3, -0.25) is 14.9 Å². The van der Waals surface area contributed by atoms with Gasteiger partial charge in [0.2, 0.25) is 5.91 Å². The monoisotopic (exact) mass is 381 g/mol. The minimum atomic E-state index is -0.520. The van der Waals surface area contributed by atoms with Gasteiger partial charge in [0, 0.05) is 22.9 Å². The lowest BCUT2D eigenvalue weighted by Gasteiger charge is -2.14. The summed E-state index contributed by atoms with van der Waals surface area (Å²) in [7, 11) is 1.44. The Morgan fingerprint density at radius 3 is 2.72 bits per heavy atom. The Balaban J connectivity index is 2.01. The van der Waals surface area contributed by atoms with Crippen molar-refractivity contribution in [2.75, 3.05) is 18.2 Å². The fraction of sp³-hybridized carbons (Fsp3) is 0.375. The van der Waals surface area contributed by atoms with E-state index in [9.17, 15) is 14.9 Å². The number of nitro benzene ring substituents is 1. The van der Waals surface area contributed by atoms with E-state index < -0.39 is 4.92 Å². The molecule has 1 N–H and O–H groups in total. The maximum Gasteiger partial charge on any atom is 0.271 e. The van der Waals surface area contributed by atoms with Crippen LogP contribution in [0.4, 0.5) is 11.4 Å². The number of amides is 1. The minimum absolute atomic E-state index is 0.0338. The standard InChI is InChI=1S/C16H19N3O4S2/c1-16(2,3)13-8-24-15(18-13)25-9-14(20)17-11-7-10(19(21)22)5-6-12(11)23-4/h5-8H,9H2,1-4H3,(H,17,20). The van der Waals surface area contributed by atoms with Gasteiger partial charge in [0.25, 0.3) is 5.69 Å². The zero-order valence-electron chi connectivity index (χ0n) is 14.4. The van der Waals surface area contributed by atoms with Gasteiger partial charge < -0.3 is 10.1 Å². The van der Waals surface area contributed by atoms with Crippen LogP contribution in [0.2, 0.25) is 0 Å². The molecular formula is C16H19N3O4S2. The Morgan fingerprint density at radius 1 is 1.44 bits per heavy atom. The molecule has 0 unspecified atom stereocenters. The smallest absolute Gasteiger partial charge is 0.271 e. The molecule has 0 spiro atoms. The van der Waals surface area contributed by atoms with Crippen molar-refractivity contribution in [2.24, 2.45) is 0 Å². The number of carbonyl (C=O) groups is 1. The average Bonchev–Trinajstić information content (AvgIpc) is 3.02. The number of methoxy groups -OCH3 is 1. The Labute approximate surface area is 154 Å². The average molecular weight is 381 g/mol. The largest absolute Gasteiger partial charge is 0.495 e. The molecule has 0 radical (unpaired) electrons. The Kier molecular flexibility index (Phi) is 6.02. The number of ether oxygens (including phenoxy) is 1. The quantitative estimate of drug-likeness (QED) is 0.460. The highest BCUT2D eigenvalue weighted by Gasteiger charge is 2.18. The van der Waals surface area contributed by atoms with Crippen LogP contribution in [-0.2, 0) is 10.2 Å². The van der Waals surface area contributed by atoms with Gasteiger partial charge in [0.15, 0.2) is 4.34 Å². The molecule has 0 aliphatic heterocycles. The van der Waals surface area contributed by atoms with E-state index in [1.165, 1.54) is 48.4 Å². The van der Waals surface area contributed by atoms with Crippen molar-refractivity contribution in [2.45, 2.75) is 30.5 Å². The van der Waals surface area contributed by atoms with Crippen LogP contribution >= 0.6 is 23.1 Å². The SMILES string of the molecule is COc1ccc([N+](=O)[O-])cc1NC(=O)CSc1nc(C(C)(C)C)cs1. The molecule has 2 rings (SSSR count). The summed E-state index contributed by atoms with van der Waals surface area (Å²) in [4.78, 5) is 27.0. The summed E-state index contributed by atoms with van der Waals surface area (Å²) in [5.41, 5.74) is 1.12. The molecule has 1 amide bonds. The molecule has 25 heavy (non-hydrogen) atoms. The van der Waals surface area contributed by atoms with Crippen molar-refractivity contribution in [1.29, 1.82) is 0 Å². The van der Waals surface area contributed by atoms with Crippen molar-refractivity contribution >= 4 is 40.4 Å². The maximum absolute atomic E-state index is 12.2. The second kappa shape index (κ2) is 7.83. The summed E-state index contributed by atoms with van der Waals surface area (Å²) in [5, 5.41) is 15.5. The van der Waals surface area contributed by atoms with E-state index in [-0.39, 0.29) is 28.4 Å². The lowest BCUT2D eigenvalue weighted by atomic mass is 9.93. The molecule has 2 aromatic rings. The molecule has 0 atom stereocenters. The molecule has 9 heteroatoms. The van der Waals surface area contributed by atoms with Crippen LogP contribution in [0.1, 0.15) is 26.5 Å². The topological polar surface area (TPSA) is 94.4 Å². The van der Waals surface area contributed by atoms with Gasteiger partial charge in [-0.2, -0.15) is 0 Å². The fourth-order valence-corrected chi connectivity index (χ4v) is 3.74. The van der Waals surface area contributed by atoms with Gasteiger partial charge in [-0.25, -0.2) is 4.98 Å². The molecule has 0 saturated heterocycles. The van der Waals surface area contributed by atoms with Gasteiger partial charge in [0.05, 0.1) is 29.2 Å². The minimum Gasteiger partial charge on any atom is -0.495 e. The van der Waals surface area contributed by atoms with Gasteiger partial charge in [0.1, 0.15) is 5.75 Å². The first-order chi connectivity index (χ1) is 11.7. The van der Waals surface area contributed by atoms with Crippen molar-refractivity contribution in [3.63, 3.8) is 0 Å². The summed E-state index contributed by atoms with van der Waals surface area (Å²) in [5.74, 6) is 0.243. The Bertz CT molecular complexity index is 784. The number of thioether (sulfide) groups is 1. The lowest BCUT2D eigenvalue weighted by molar-refractivity contribution is -0.384. The van der Waals surface area contributed by atoms with Crippen LogP contribution in [0, 0.1) is 10.1 Å². The van der Waals surface area contributed by atoms with Gasteiger partial charge in [-0.05, 0) is 6.07 Å². The number of anilines is 1. The predicted octanol–water partition coefficient (Wildman–Crippen LogP) is 4.09. The first-order valence-electron chi connectivity index (χ1n) is 7.42. The number of carbonyl (C=O) groups excluding carboxylic acids is 1. The number of hydrogen-bond acceptors (Lipinski definition) is 7. The molecule has 0 fully saturated rings. The van der Waals surface area contributed by atoms with Crippen LogP contribution in [0.5, 0.6) is 5.75 Å². The van der Waals surface area contributed by atoms with E-state index >= 15 is 0 Å². The van der Waals surface area contributed by atoms with Gasteiger partial charge in [-0.1, -0.05) is 32.5 Å². The third kappa shape index (κ3) is 5.17. The fourth-order valence-electron chi connectivity index (χ4n) is 1.89. The van der Waals surface area contributed by atoms with E-state index in [2.05, 4.69) is 31.1 Å². The highest BCUT2D eigenvalue weighted by atomic mass is 32.2. The van der Waals surface area contributed by atoms with Crippen molar-refractivity contribution < 1.29 is 14.5 Å². The number of non-ortho nitro benzene ring substituents is 1. The van der Waals surface area contributed by atoms with Crippen LogP contribution < -0.4 is 10.1 Å². The van der Waals surface area contributed by atoms with Crippen molar-refractivity contribution in [3.05, 3.63) is 39.4 Å². The molecule has 1 aromatic carbocycles.